The Balaban J connectivity index is 1.37. The Morgan fingerprint density at radius 3 is 1.31 bits per heavy atom. The van der Waals surface area contributed by atoms with Gasteiger partial charge in [0.2, 0.25) is 11.6 Å². The number of morpholine rings is 2. The minimum atomic E-state index is -1.22. The zero-order chi connectivity index (χ0) is 23.0. The Bertz CT molecular complexity index is 848. The molecular formula is C26H38N2O4+2. The van der Waals surface area contributed by atoms with Gasteiger partial charge >= 0.3 is 0 Å². The van der Waals surface area contributed by atoms with E-state index in [-0.39, 0.29) is 0 Å². The summed E-state index contributed by atoms with van der Waals surface area (Å²) in [5, 5.41) is 22.0. The molecule has 0 spiro atoms. The summed E-state index contributed by atoms with van der Waals surface area (Å²) < 4.78 is 13.0. The highest BCUT2D eigenvalue weighted by atomic mass is 16.6. The summed E-state index contributed by atoms with van der Waals surface area (Å²) in [4.78, 5) is 0. The molecule has 0 amide bonds. The van der Waals surface area contributed by atoms with Crippen molar-refractivity contribution in [1.82, 2.24) is 0 Å². The van der Waals surface area contributed by atoms with Crippen LogP contribution in [0.15, 0.2) is 48.5 Å². The van der Waals surface area contributed by atoms with Gasteiger partial charge in [-0.05, 0) is 24.0 Å². The third kappa shape index (κ3) is 5.22. The lowest BCUT2D eigenvalue weighted by atomic mass is 9.97. The monoisotopic (exact) mass is 442 g/mol. The Hall–Kier alpha value is -1.80. The number of hydrogen-bond acceptors (Lipinski definition) is 4. The van der Waals surface area contributed by atoms with E-state index in [4.69, 9.17) is 9.47 Å². The molecule has 4 rings (SSSR count). The van der Waals surface area contributed by atoms with Gasteiger partial charge in [0, 0.05) is 11.1 Å². The van der Waals surface area contributed by atoms with E-state index < -0.39 is 11.6 Å². The number of benzene rings is 2. The van der Waals surface area contributed by atoms with Crippen molar-refractivity contribution in [2.45, 2.75) is 24.4 Å². The molecule has 2 aliphatic heterocycles. The molecule has 2 fully saturated rings. The van der Waals surface area contributed by atoms with E-state index in [0.717, 1.165) is 46.0 Å². The fourth-order valence-electron chi connectivity index (χ4n) is 4.83. The predicted octanol–water partition coefficient (Wildman–Crippen LogP) is 1.98. The summed E-state index contributed by atoms with van der Waals surface area (Å²) in [6.07, 6.45) is 1.82. The third-order valence-electron chi connectivity index (χ3n) is 6.87. The maximum Gasteiger partial charge on any atom is 0.243 e. The standard InChI is InChI=1S/C26H38N2O4/c1-27(2)15-17-31-25(29,19-27)23-11-7-21(8-12-23)5-6-22-9-13-24(14-10-22)26(30)20-28(3,4)16-18-32-26/h7-14,29-30H,5-6,15-20H2,1-4H3/q+2. The lowest BCUT2D eigenvalue weighted by molar-refractivity contribution is -0.912. The minimum absolute atomic E-state index is 0.546. The van der Waals surface area contributed by atoms with Crippen LogP contribution in [0, 0.1) is 0 Å². The van der Waals surface area contributed by atoms with Gasteiger partial charge in [-0.2, -0.15) is 0 Å². The molecule has 0 aliphatic carbocycles. The predicted molar refractivity (Wildman–Crippen MR) is 124 cm³/mol. The molecule has 2 aromatic carbocycles. The van der Waals surface area contributed by atoms with Crippen molar-refractivity contribution in [3.8, 4) is 0 Å². The number of likely N-dealkylation sites (N-methyl/N-ethyl adjacent to an activating group) is 2. The fraction of sp³-hybridized carbons (Fsp3) is 0.538. The second-order valence-electron chi connectivity index (χ2n) is 10.8. The molecule has 0 bridgehead atoms. The normalized spacial score (nSPS) is 29.6. The molecule has 174 valence electrons. The number of nitrogens with zero attached hydrogens (tertiary/aromatic N) is 2. The second kappa shape index (κ2) is 8.52. The Morgan fingerprint density at radius 2 is 1.00 bits per heavy atom. The number of hydrogen-bond donors (Lipinski definition) is 2. The van der Waals surface area contributed by atoms with Crippen LogP contribution in [-0.2, 0) is 33.9 Å². The third-order valence-corrected chi connectivity index (χ3v) is 6.87. The van der Waals surface area contributed by atoms with Crippen molar-refractivity contribution in [3.63, 3.8) is 0 Å². The molecule has 2 atom stereocenters. The number of ether oxygens (including phenoxy) is 2. The summed E-state index contributed by atoms with van der Waals surface area (Å²) >= 11 is 0. The lowest BCUT2D eigenvalue weighted by Gasteiger charge is -2.42. The molecule has 0 aromatic heterocycles. The first-order valence-corrected chi connectivity index (χ1v) is 11.5. The Labute approximate surface area is 191 Å². The highest BCUT2D eigenvalue weighted by Gasteiger charge is 2.43. The average Bonchev–Trinajstić information content (AvgIpc) is 2.71. The van der Waals surface area contributed by atoms with Crippen LogP contribution >= 0.6 is 0 Å². The van der Waals surface area contributed by atoms with Gasteiger partial charge < -0.3 is 28.7 Å². The van der Waals surface area contributed by atoms with Crippen molar-refractivity contribution in [3.05, 3.63) is 70.8 Å². The Morgan fingerprint density at radius 1 is 0.656 bits per heavy atom. The Kier molecular flexibility index (Phi) is 6.22. The van der Waals surface area contributed by atoms with Crippen LogP contribution < -0.4 is 0 Å². The zero-order valence-corrected chi connectivity index (χ0v) is 19.9. The molecule has 0 saturated carbocycles. The first-order chi connectivity index (χ1) is 15.0. The molecule has 2 heterocycles. The second-order valence-corrected chi connectivity index (χ2v) is 10.8. The van der Waals surface area contributed by atoms with Crippen LogP contribution in [0.25, 0.3) is 0 Å². The summed E-state index contributed by atoms with van der Waals surface area (Å²) in [6, 6.07) is 16.3. The van der Waals surface area contributed by atoms with E-state index in [0.29, 0.717) is 26.3 Å². The van der Waals surface area contributed by atoms with E-state index in [1.807, 2.05) is 24.3 Å². The largest absolute Gasteiger partial charge is 0.357 e. The lowest BCUT2D eigenvalue weighted by Crippen LogP contribution is -2.57. The number of rotatable bonds is 5. The number of aliphatic hydroxyl groups is 2. The summed E-state index contributed by atoms with van der Waals surface area (Å²) in [6.45, 7) is 4.00. The van der Waals surface area contributed by atoms with Gasteiger partial charge in [-0.25, -0.2) is 0 Å². The van der Waals surface area contributed by atoms with Gasteiger partial charge in [-0.3, -0.25) is 0 Å². The van der Waals surface area contributed by atoms with E-state index in [2.05, 4.69) is 52.5 Å². The van der Waals surface area contributed by atoms with E-state index >= 15 is 0 Å². The van der Waals surface area contributed by atoms with Gasteiger partial charge in [0.05, 0.1) is 41.4 Å². The van der Waals surface area contributed by atoms with Gasteiger partial charge in [0.25, 0.3) is 0 Å². The highest BCUT2D eigenvalue weighted by Crippen LogP contribution is 2.31. The van der Waals surface area contributed by atoms with Crippen LogP contribution in [0.1, 0.15) is 22.3 Å². The zero-order valence-electron chi connectivity index (χ0n) is 19.9. The van der Waals surface area contributed by atoms with Crippen molar-refractivity contribution < 1.29 is 28.7 Å². The SMILES string of the molecule is C[N+]1(C)CCOC(O)(c2ccc(CCc3ccc(C4(O)C[N+](C)(C)CCO4)cc3)cc2)C1. The summed E-state index contributed by atoms with van der Waals surface area (Å²) in [7, 11) is 8.47. The van der Waals surface area contributed by atoms with Gasteiger partial charge in [-0.1, -0.05) is 48.5 Å². The highest BCUT2D eigenvalue weighted by molar-refractivity contribution is 5.29. The first kappa shape index (κ1) is 23.4. The molecule has 2 saturated heterocycles. The van der Waals surface area contributed by atoms with Crippen LogP contribution in [-0.4, -0.2) is 86.8 Å². The van der Waals surface area contributed by atoms with Gasteiger partial charge in [0.15, 0.2) is 0 Å². The molecule has 0 radical (unpaired) electrons. The number of quaternary nitrogens is 2. The van der Waals surface area contributed by atoms with Crippen LogP contribution in [0.4, 0.5) is 0 Å². The van der Waals surface area contributed by atoms with Crippen molar-refractivity contribution in [2.24, 2.45) is 0 Å². The van der Waals surface area contributed by atoms with Crippen molar-refractivity contribution >= 4 is 0 Å². The molecule has 32 heavy (non-hydrogen) atoms. The van der Waals surface area contributed by atoms with Gasteiger partial charge in [-0.15, -0.1) is 0 Å². The molecule has 6 heteroatoms. The molecule has 2 unspecified atom stereocenters. The first-order valence-electron chi connectivity index (χ1n) is 11.5. The van der Waals surface area contributed by atoms with E-state index in [1.165, 1.54) is 11.1 Å². The topological polar surface area (TPSA) is 58.9 Å². The minimum Gasteiger partial charge on any atom is -0.357 e. The van der Waals surface area contributed by atoms with E-state index in [1.54, 1.807) is 0 Å². The van der Waals surface area contributed by atoms with Crippen molar-refractivity contribution in [2.75, 3.05) is 67.6 Å². The van der Waals surface area contributed by atoms with Crippen LogP contribution in [0.5, 0.6) is 0 Å². The van der Waals surface area contributed by atoms with Crippen molar-refractivity contribution in [1.29, 1.82) is 0 Å². The molecule has 6 nitrogen and oxygen atoms in total. The molecule has 2 aromatic rings. The maximum atomic E-state index is 11.0. The molecule has 2 N–H and O–H groups in total. The van der Waals surface area contributed by atoms with Crippen LogP contribution in [0.3, 0.4) is 0 Å². The van der Waals surface area contributed by atoms with Crippen LogP contribution in [0.2, 0.25) is 0 Å². The van der Waals surface area contributed by atoms with E-state index in [9.17, 15) is 10.2 Å². The molecular weight excluding hydrogens is 404 g/mol. The summed E-state index contributed by atoms with van der Waals surface area (Å²) in [5.41, 5.74) is 4.08. The molecule has 2 aliphatic rings. The average molecular weight is 443 g/mol. The smallest absolute Gasteiger partial charge is 0.243 e. The maximum absolute atomic E-state index is 11.0. The summed E-state index contributed by atoms with van der Waals surface area (Å²) in [5.74, 6) is -2.43. The van der Waals surface area contributed by atoms with Gasteiger partial charge in [0.1, 0.15) is 26.2 Å². The number of aryl methyl sites for hydroxylation is 2. The fourth-order valence-corrected chi connectivity index (χ4v) is 4.83. The quantitative estimate of drug-likeness (QED) is 0.696.